The van der Waals surface area contributed by atoms with Gasteiger partial charge in [-0.1, -0.05) is 33.6 Å². The quantitative estimate of drug-likeness (QED) is 0.711. The summed E-state index contributed by atoms with van der Waals surface area (Å²) in [5.74, 6) is 1.68. The van der Waals surface area contributed by atoms with Crippen LogP contribution in [0.5, 0.6) is 0 Å². The van der Waals surface area contributed by atoms with Gasteiger partial charge in [0, 0.05) is 12.0 Å². The van der Waals surface area contributed by atoms with Crippen molar-refractivity contribution in [1.82, 2.24) is 5.32 Å². The second-order valence-electron chi connectivity index (χ2n) is 6.25. The van der Waals surface area contributed by atoms with Crippen molar-refractivity contribution in [2.45, 2.75) is 84.0 Å². The van der Waals surface area contributed by atoms with Crippen molar-refractivity contribution in [3.8, 4) is 0 Å². The minimum absolute atomic E-state index is 0.568. The van der Waals surface area contributed by atoms with Gasteiger partial charge in [0.25, 0.3) is 0 Å². The van der Waals surface area contributed by atoms with E-state index in [0.29, 0.717) is 18.2 Å². The van der Waals surface area contributed by atoms with Crippen molar-refractivity contribution < 1.29 is 4.74 Å². The van der Waals surface area contributed by atoms with Gasteiger partial charge in [-0.2, -0.15) is 0 Å². The zero-order valence-corrected chi connectivity index (χ0v) is 12.5. The molecule has 1 N–H and O–H groups in total. The molecular weight excluding hydrogens is 222 g/mol. The molecule has 2 aliphatic rings. The summed E-state index contributed by atoms with van der Waals surface area (Å²) < 4.78 is 6.05. The minimum atomic E-state index is 0.568. The Labute approximate surface area is 113 Å². The molecule has 2 heterocycles. The average molecular weight is 253 g/mol. The van der Waals surface area contributed by atoms with Gasteiger partial charge in [0.05, 0.1) is 12.2 Å². The Morgan fingerprint density at radius 3 is 2.44 bits per heavy atom. The summed E-state index contributed by atoms with van der Waals surface area (Å²) in [6.07, 6.45) is 10.3. The highest BCUT2D eigenvalue weighted by atomic mass is 16.5. The highest BCUT2D eigenvalue weighted by Gasteiger charge is 2.44. The maximum atomic E-state index is 6.05. The maximum absolute atomic E-state index is 6.05. The van der Waals surface area contributed by atoms with Gasteiger partial charge in [-0.05, 0) is 44.6 Å². The standard InChI is InChI=1S/C16H31NO/c1-4-9-17-15(10-12(5-2)6-3)14-11-13-7-8-16(14)18-13/h12-17H,4-11H2,1-3H3. The molecule has 2 nitrogen and oxygen atoms in total. The zero-order chi connectivity index (χ0) is 13.0. The van der Waals surface area contributed by atoms with E-state index in [1.807, 2.05) is 0 Å². The number of hydrogen-bond donors (Lipinski definition) is 1. The molecule has 2 rings (SSSR count). The largest absolute Gasteiger partial charge is 0.375 e. The SMILES string of the molecule is CCCNC(CC(CC)CC)C1CC2CCC1O2. The van der Waals surface area contributed by atoms with Crippen molar-refractivity contribution in [2.24, 2.45) is 11.8 Å². The maximum Gasteiger partial charge on any atom is 0.0623 e. The third kappa shape index (κ3) is 3.27. The van der Waals surface area contributed by atoms with Crippen molar-refractivity contribution in [3.63, 3.8) is 0 Å². The molecule has 0 spiro atoms. The lowest BCUT2D eigenvalue weighted by Gasteiger charge is -2.32. The lowest BCUT2D eigenvalue weighted by molar-refractivity contribution is 0.0831. The van der Waals surface area contributed by atoms with E-state index in [0.717, 1.165) is 11.8 Å². The lowest BCUT2D eigenvalue weighted by atomic mass is 9.79. The molecule has 0 radical (unpaired) electrons. The normalized spacial score (nSPS) is 32.3. The van der Waals surface area contributed by atoms with Crippen LogP contribution in [0.3, 0.4) is 0 Å². The molecule has 18 heavy (non-hydrogen) atoms. The highest BCUT2D eigenvalue weighted by molar-refractivity contribution is 4.95. The molecule has 2 aliphatic heterocycles. The smallest absolute Gasteiger partial charge is 0.0623 e. The number of hydrogen-bond acceptors (Lipinski definition) is 2. The summed E-state index contributed by atoms with van der Waals surface area (Å²) in [4.78, 5) is 0. The van der Waals surface area contributed by atoms with Crippen LogP contribution in [0.25, 0.3) is 0 Å². The molecule has 0 aromatic rings. The Morgan fingerprint density at radius 1 is 1.17 bits per heavy atom. The number of ether oxygens (including phenoxy) is 1. The van der Waals surface area contributed by atoms with Crippen LogP contribution < -0.4 is 5.32 Å². The minimum Gasteiger partial charge on any atom is -0.375 e. The summed E-state index contributed by atoms with van der Waals surface area (Å²) in [5.41, 5.74) is 0. The van der Waals surface area contributed by atoms with E-state index in [-0.39, 0.29) is 0 Å². The van der Waals surface area contributed by atoms with E-state index >= 15 is 0 Å². The number of nitrogens with one attached hydrogen (secondary N) is 1. The van der Waals surface area contributed by atoms with Crippen molar-refractivity contribution in [2.75, 3.05) is 6.54 Å². The second-order valence-corrected chi connectivity index (χ2v) is 6.25. The van der Waals surface area contributed by atoms with Gasteiger partial charge in [-0.3, -0.25) is 0 Å². The Kier molecular flexibility index (Phi) is 5.50. The van der Waals surface area contributed by atoms with Gasteiger partial charge in [0.2, 0.25) is 0 Å². The molecule has 0 saturated carbocycles. The molecule has 4 atom stereocenters. The molecular formula is C16H31NO. The van der Waals surface area contributed by atoms with Gasteiger partial charge >= 0.3 is 0 Å². The molecule has 2 heteroatoms. The van der Waals surface area contributed by atoms with E-state index in [1.54, 1.807) is 0 Å². The Balaban J connectivity index is 1.91. The molecule has 106 valence electrons. The number of rotatable bonds is 8. The summed E-state index contributed by atoms with van der Waals surface area (Å²) in [7, 11) is 0. The molecule has 4 unspecified atom stereocenters. The fraction of sp³-hybridized carbons (Fsp3) is 1.00. The van der Waals surface area contributed by atoms with E-state index in [4.69, 9.17) is 4.74 Å². The van der Waals surface area contributed by atoms with E-state index in [2.05, 4.69) is 26.1 Å². The third-order valence-corrected chi connectivity index (χ3v) is 5.07. The third-order valence-electron chi connectivity index (χ3n) is 5.07. The first kappa shape index (κ1) is 14.3. The fourth-order valence-corrected chi connectivity index (χ4v) is 3.82. The molecule has 0 aromatic heterocycles. The molecule has 0 amide bonds. The molecule has 2 saturated heterocycles. The predicted octanol–water partition coefficient (Wildman–Crippen LogP) is 3.75. The van der Waals surface area contributed by atoms with Gasteiger partial charge < -0.3 is 10.1 Å². The van der Waals surface area contributed by atoms with Crippen LogP contribution in [0, 0.1) is 11.8 Å². The first-order chi connectivity index (χ1) is 8.78. The van der Waals surface area contributed by atoms with Crippen LogP contribution >= 0.6 is 0 Å². The van der Waals surface area contributed by atoms with Crippen LogP contribution in [-0.4, -0.2) is 24.8 Å². The van der Waals surface area contributed by atoms with Gasteiger partial charge in [-0.25, -0.2) is 0 Å². The van der Waals surface area contributed by atoms with Gasteiger partial charge in [0.15, 0.2) is 0 Å². The highest BCUT2D eigenvalue weighted by Crippen LogP contribution is 2.41. The van der Waals surface area contributed by atoms with E-state index < -0.39 is 0 Å². The fourth-order valence-electron chi connectivity index (χ4n) is 3.82. The van der Waals surface area contributed by atoms with Crippen LogP contribution in [-0.2, 0) is 4.74 Å². The Morgan fingerprint density at radius 2 is 1.94 bits per heavy atom. The van der Waals surface area contributed by atoms with Gasteiger partial charge in [0.1, 0.15) is 0 Å². The topological polar surface area (TPSA) is 21.3 Å². The Hall–Kier alpha value is -0.0800. The average Bonchev–Trinajstić information content (AvgIpc) is 3.01. The molecule has 2 bridgehead atoms. The summed E-state index contributed by atoms with van der Waals surface area (Å²) in [5, 5.41) is 3.82. The van der Waals surface area contributed by atoms with E-state index in [1.165, 1.54) is 51.5 Å². The first-order valence-electron chi connectivity index (χ1n) is 8.17. The summed E-state index contributed by atoms with van der Waals surface area (Å²) in [6.45, 7) is 8.10. The van der Waals surface area contributed by atoms with Crippen LogP contribution in [0.1, 0.15) is 65.7 Å². The molecule has 0 aromatic carbocycles. The first-order valence-corrected chi connectivity index (χ1v) is 8.17. The Bertz CT molecular complexity index is 239. The zero-order valence-electron chi connectivity index (χ0n) is 12.5. The second kappa shape index (κ2) is 6.91. The number of fused-ring (bicyclic) bond motifs is 2. The van der Waals surface area contributed by atoms with Crippen molar-refractivity contribution in [1.29, 1.82) is 0 Å². The van der Waals surface area contributed by atoms with Crippen LogP contribution in [0.4, 0.5) is 0 Å². The van der Waals surface area contributed by atoms with Crippen LogP contribution in [0.15, 0.2) is 0 Å². The molecule has 2 fully saturated rings. The van der Waals surface area contributed by atoms with Gasteiger partial charge in [-0.15, -0.1) is 0 Å². The monoisotopic (exact) mass is 253 g/mol. The summed E-state index contributed by atoms with van der Waals surface area (Å²) >= 11 is 0. The lowest BCUT2D eigenvalue weighted by Crippen LogP contribution is -2.42. The molecule has 0 aliphatic carbocycles. The predicted molar refractivity (Wildman–Crippen MR) is 76.8 cm³/mol. The van der Waals surface area contributed by atoms with Crippen molar-refractivity contribution >= 4 is 0 Å². The van der Waals surface area contributed by atoms with Crippen LogP contribution in [0.2, 0.25) is 0 Å². The van der Waals surface area contributed by atoms with Crippen molar-refractivity contribution in [3.05, 3.63) is 0 Å². The summed E-state index contributed by atoms with van der Waals surface area (Å²) in [6, 6.07) is 0.699. The van der Waals surface area contributed by atoms with E-state index in [9.17, 15) is 0 Å².